The highest BCUT2D eigenvalue weighted by Crippen LogP contribution is 2.21. The van der Waals surface area contributed by atoms with Gasteiger partial charge < -0.3 is 16.2 Å². The molecule has 0 aromatic carbocycles. The summed E-state index contributed by atoms with van der Waals surface area (Å²) >= 11 is 5.46. The molecule has 4 N–H and O–H groups in total. The lowest BCUT2D eigenvalue weighted by Gasteiger charge is -2.08. The Bertz CT molecular complexity index is 454. The van der Waals surface area contributed by atoms with Crippen LogP contribution in [0.15, 0.2) is 6.20 Å². The van der Waals surface area contributed by atoms with E-state index in [1.807, 2.05) is 0 Å². The number of nitro groups is 1. The van der Waals surface area contributed by atoms with Crippen molar-refractivity contribution in [2.24, 2.45) is 5.73 Å². The maximum atomic E-state index is 10.6. The second kappa shape index (κ2) is 5.37. The van der Waals surface area contributed by atoms with Crippen molar-refractivity contribution in [3.8, 4) is 0 Å². The molecule has 0 fully saturated rings. The fourth-order valence-corrected chi connectivity index (χ4v) is 1.04. The van der Waals surface area contributed by atoms with E-state index < -0.39 is 22.6 Å². The SMILES string of the molecule is NC(=O)C(O)CNc1nc(Cl)ncc1[N+](=O)[O-]. The molecule has 1 aromatic heterocycles. The Morgan fingerprint density at radius 3 is 2.94 bits per heavy atom. The third-order valence-corrected chi connectivity index (χ3v) is 1.91. The predicted octanol–water partition coefficient (Wildman–Crippen LogP) is -0.704. The van der Waals surface area contributed by atoms with Crippen molar-refractivity contribution in [1.82, 2.24) is 9.97 Å². The molecule has 1 amide bonds. The van der Waals surface area contributed by atoms with Gasteiger partial charge in [-0.15, -0.1) is 0 Å². The Morgan fingerprint density at radius 2 is 2.41 bits per heavy atom. The van der Waals surface area contributed by atoms with Crippen molar-refractivity contribution in [2.75, 3.05) is 11.9 Å². The smallest absolute Gasteiger partial charge is 0.329 e. The van der Waals surface area contributed by atoms with E-state index in [9.17, 15) is 14.9 Å². The van der Waals surface area contributed by atoms with Crippen molar-refractivity contribution < 1.29 is 14.8 Å². The Morgan fingerprint density at radius 1 is 1.76 bits per heavy atom. The quantitative estimate of drug-likeness (QED) is 0.361. The number of aliphatic hydroxyl groups excluding tert-OH is 1. The number of hydrogen-bond donors (Lipinski definition) is 3. The van der Waals surface area contributed by atoms with Gasteiger partial charge in [-0.1, -0.05) is 0 Å². The largest absolute Gasteiger partial charge is 0.381 e. The number of aromatic nitrogens is 2. The molecule has 1 unspecified atom stereocenters. The van der Waals surface area contributed by atoms with E-state index in [4.69, 9.17) is 22.4 Å². The first-order valence-corrected chi connectivity index (χ1v) is 4.67. The average Bonchev–Trinajstić information content (AvgIpc) is 2.25. The third-order valence-electron chi connectivity index (χ3n) is 1.73. The summed E-state index contributed by atoms with van der Waals surface area (Å²) in [6.07, 6.45) is -0.572. The molecule has 17 heavy (non-hydrogen) atoms. The second-order valence-electron chi connectivity index (χ2n) is 2.93. The number of nitrogens with two attached hydrogens (primary N) is 1. The molecule has 9 nitrogen and oxygen atoms in total. The van der Waals surface area contributed by atoms with Gasteiger partial charge in [0.05, 0.1) is 11.5 Å². The second-order valence-corrected chi connectivity index (χ2v) is 3.27. The maximum Gasteiger partial charge on any atom is 0.329 e. The fraction of sp³-hybridized carbons (Fsp3) is 0.286. The van der Waals surface area contributed by atoms with Gasteiger partial charge in [0.2, 0.25) is 17.0 Å². The van der Waals surface area contributed by atoms with Crippen LogP contribution in [0.3, 0.4) is 0 Å². The molecule has 0 spiro atoms. The molecular formula is C7H8ClN5O4. The van der Waals surface area contributed by atoms with Crippen LogP contribution in [-0.2, 0) is 4.79 Å². The number of nitrogens with zero attached hydrogens (tertiary/aromatic N) is 3. The van der Waals surface area contributed by atoms with Crippen LogP contribution in [-0.4, -0.2) is 38.6 Å². The van der Waals surface area contributed by atoms with Crippen molar-refractivity contribution >= 4 is 29.0 Å². The molecule has 0 aliphatic carbocycles. The molecule has 0 aliphatic heterocycles. The summed E-state index contributed by atoms with van der Waals surface area (Å²) in [4.78, 5) is 27.4. The van der Waals surface area contributed by atoms with Gasteiger partial charge in [0.15, 0.2) is 0 Å². The topological polar surface area (TPSA) is 144 Å². The number of aliphatic hydroxyl groups is 1. The molecular weight excluding hydrogens is 254 g/mol. The molecule has 1 aromatic rings. The van der Waals surface area contributed by atoms with Gasteiger partial charge in [-0.2, -0.15) is 4.98 Å². The minimum Gasteiger partial charge on any atom is -0.381 e. The molecule has 92 valence electrons. The van der Waals surface area contributed by atoms with E-state index in [1.165, 1.54) is 0 Å². The summed E-state index contributed by atoms with van der Waals surface area (Å²) in [5.74, 6) is -1.16. The summed E-state index contributed by atoms with van der Waals surface area (Å²) in [6.45, 7) is -0.316. The van der Waals surface area contributed by atoms with Crippen LogP contribution in [0, 0.1) is 10.1 Å². The Labute approximate surface area is 99.8 Å². The number of rotatable bonds is 5. The Kier molecular flexibility index (Phi) is 4.12. The van der Waals surface area contributed by atoms with Gasteiger partial charge in [-0.25, -0.2) is 4.98 Å². The van der Waals surface area contributed by atoms with Crippen LogP contribution < -0.4 is 11.1 Å². The highest BCUT2D eigenvalue weighted by Gasteiger charge is 2.18. The predicted molar refractivity (Wildman–Crippen MR) is 57.4 cm³/mol. The summed E-state index contributed by atoms with van der Waals surface area (Å²) < 4.78 is 0. The van der Waals surface area contributed by atoms with E-state index in [0.29, 0.717) is 0 Å². The van der Waals surface area contributed by atoms with E-state index >= 15 is 0 Å². The molecule has 0 saturated carbocycles. The highest BCUT2D eigenvalue weighted by molar-refractivity contribution is 6.28. The molecule has 0 radical (unpaired) electrons. The monoisotopic (exact) mass is 261 g/mol. The zero-order valence-corrected chi connectivity index (χ0v) is 9.09. The Balaban J connectivity index is 2.85. The number of halogens is 1. The zero-order chi connectivity index (χ0) is 13.0. The number of carbonyl (C=O) groups is 1. The number of primary amides is 1. The minimum atomic E-state index is -1.48. The number of amides is 1. The fourth-order valence-electron chi connectivity index (χ4n) is 0.912. The normalized spacial score (nSPS) is 11.9. The minimum absolute atomic E-state index is 0.199. The zero-order valence-electron chi connectivity index (χ0n) is 8.33. The van der Waals surface area contributed by atoms with Gasteiger partial charge in [0, 0.05) is 0 Å². The molecule has 1 heterocycles. The van der Waals surface area contributed by atoms with E-state index in [0.717, 1.165) is 6.20 Å². The number of carbonyl (C=O) groups excluding carboxylic acids is 1. The lowest BCUT2D eigenvalue weighted by molar-refractivity contribution is -0.384. The van der Waals surface area contributed by atoms with Crippen LogP contribution in [0.1, 0.15) is 0 Å². The average molecular weight is 262 g/mol. The van der Waals surface area contributed by atoms with Gasteiger partial charge in [0.1, 0.15) is 12.3 Å². The lowest BCUT2D eigenvalue weighted by Crippen LogP contribution is -2.34. The van der Waals surface area contributed by atoms with Crippen LogP contribution >= 0.6 is 11.6 Å². The summed E-state index contributed by atoms with van der Waals surface area (Å²) in [7, 11) is 0. The Hall–Kier alpha value is -2.00. The molecule has 1 atom stereocenters. The van der Waals surface area contributed by atoms with Gasteiger partial charge in [-0.3, -0.25) is 14.9 Å². The molecule has 0 aliphatic rings. The van der Waals surface area contributed by atoms with E-state index in [2.05, 4.69) is 15.3 Å². The maximum absolute atomic E-state index is 10.6. The van der Waals surface area contributed by atoms with E-state index in [-0.39, 0.29) is 17.6 Å². The molecule has 0 bridgehead atoms. The molecule has 0 saturated heterocycles. The first kappa shape index (κ1) is 13.1. The number of hydrogen-bond acceptors (Lipinski definition) is 7. The van der Waals surface area contributed by atoms with Gasteiger partial charge >= 0.3 is 5.69 Å². The van der Waals surface area contributed by atoms with Crippen molar-refractivity contribution in [1.29, 1.82) is 0 Å². The van der Waals surface area contributed by atoms with E-state index in [1.54, 1.807) is 0 Å². The third kappa shape index (κ3) is 3.50. The molecule has 1 rings (SSSR count). The standard InChI is InChI=1S/C7H8ClN5O4/c8-7-11-1-3(13(16)17)6(12-7)10-2-4(14)5(9)15/h1,4,14H,2H2,(H2,9,15)(H,10,11,12). The summed E-state index contributed by atoms with van der Waals surface area (Å²) in [5.41, 5.74) is 4.38. The summed E-state index contributed by atoms with van der Waals surface area (Å²) in [5, 5.41) is 21.9. The molecule has 10 heteroatoms. The van der Waals surface area contributed by atoms with Crippen molar-refractivity contribution in [2.45, 2.75) is 6.10 Å². The van der Waals surface area contributed by atoms with Crippen LogP contribution in [0.2, 0.25) is 5.28 Å². The van der Waals surface area contributed by atoms with Crippen LogP contribution in [0.5, 0.6) is 0 Å². The van der Waals surface area contributed by atoms with Gasteiger partial charge in [0.25, 0.3) is 0 Å². The van der Waals surface area contributed by atoms with Gasteiger partial charge in [-0.05, 0) is 11.6 Å². The van der Waals surface area contributed by atoms with Crippen LogP contribution in [0.25, 0.3) is 0 Å². The van der Waals surface area contributed by atoms with Crippen molar-refractivity contribution in [3.63, 3.8) is 0 Å². The first-order valence-electron chi connectivity index (χ1n) is 4.30. The lowest BCUT2D eigenvalue weighted by atomic mass is 10.3. The van der Waals surface area contributed by atoms with Crippen LogP contribution in [0.4, 0.5) is 11.5 Å². The number of anilines is 1. The summed E-state index contributed by atoms with van der Waals surface area (Å²) in [6, 6.07) is 0. The highest BCUT2D eigenvalue weighted by atomic mass is 35.5. The first-order chi connectivity index (χ1) is 7.91. The van der Waals surface area contributed by atoms with Crippen molar-refractivity contribution in [3.05, 3.63) is 21.6 Å². The number of nitrogens with one attached hydrogen (secondary N) is 1.